The van der Waals surface area contributed by atoms with Crippen LogP contribution in [0.25, 0.3) is 11.2 Å². The van der Waals surface area contributed by atoms with Crippen molar-refractivity contribution in [3.05, 3.63) is 12.7 Å². The molecule has 0 amide bonds. The van der Waals surface area contributed by atoms with Gasteiger partial charge in [0, 0.05) is 12.1 Å². The van der Waals surface area contributed by atoms with Crippen molar-refractivity contribution in [2.75, 3.05) is 5.73 Å². The summed E-state index contributed by atoms with van der Waals surface area (Å²) in [6.45, 7) is 0. The number of nitrogens with one attached hydrogen (secondary N) is 2. The van der Waals surface area contributed by atoms with Crippen molar-refractivity contribution < 1.29 is 4.57 Å². The molecule has 6 nitrogen and oxygen atoms in total. The number of imidazole rings is 1. The van der Waals surface area contributed by atoms with E-state index in [1.165, 1.54) is 25.6 Å². The van der Waals surface area contributed by atoms with E-state index in [-0.39, 0.29) is 0 Å². The zero-order chi connectivity index (χ0) is 11.4. The van der Waals surface area contributed by atoms with E-state index < -0.39 is 0 Å². The molecule has 0 aromatic carbocycles. The lowest BCUT2D eigenvalue weighted by atomic mass is 9.95. The number of nitrogen functional groups attached to an aromatic ring is 1. The molecule has 0 radical (unpaired) electrons. The van der Waals surface area contributed by atoms with Crippen LogP contribution in [-0.4, -0.2) is 27.0 Å². The van der Waals surface area contributed by atoms with E-state index in [2.05, 4.69) is 24.8 Å². The van der Waals surface area contributed by atoms with Gasteiger partial charge in [-0.1, -0.05) is 4.98 Å². The van der Waals surface area contributed by atoms with Crippen molar-refractivity contribution in [1.82, 2.24) is 20.3 Å². The predicted octanol–water partition coefficient (Wildman–Crippen LogP) is -0.107. The quantitative estimate of drug-likeness (QED) is 0.598. The second-order valence-corrected chi connectivity index (χ2v) is 4.99. The molecule has 88 valence electrons. The lowest BCUT2D eigenvalue weighted by molar-refractivity contribution is -0.701. The van der Waals surface area contributed by atoms with Gasteiger partial charge in [-0.05, 0) is 19.3 Å². The summed E-state index contributed by atoms with van der Waals surface area (Å²) in [5.74, 6) is 0.518. The van der Waals surface area contributed by atoms with Gasteiger partial charge in [0.15, 0.2) is 18.5 Å². The van der Waals surface area contributed by atoms with E-state index >= 15 is 0 Å². The van der Waals surface area contributed by atoms with Gasteiger partial charge >= 0.3 is 5.65 Å². The average Bonchev–Trinajstić information content (AvgIpc) is 3.03. The van der Waals surface area contributed by atoms with Gasteiger partial charge in [-0.25, -0.2) is 4.57 Å². The van der Waals surface area contributed by atoms with Crippen LogP contribution in [0.3, 0.4) is 0 Å². The number of aromatic nitrogens is 4. The minimum atomic E-state index is 0.497. The summed E-state index contributed by atoms with van der Waals surface area (Å²) in [5.41, 5.74) is 7.59. The lowest BCUT2D eigenvalue weighted by Crippen LogP contribution is -2.45. The fourth-order valence-electron chi connectivity index (χ4n) is 3.27. The third-order valence-corrected chi connectivity index (χ3v) is 4.07. The van der Waals surface area contributed by atoms with Gasteiger partial charge in [0.05, 0.1) is 6.04 Å². The molecule has 2 aliphatic heterocycles. The summed E-state index contributed by atoms with van der Waals surface area (Å²) in [7, 11) is 0. The topological polar surface area (TPSA) is 83.5 Å². The minimum absolute atomic E-state index is 0.497. The summed E-state index contributed by atoms with van der Waals surface area (Å²) in [4.78, 5) is 11.5. The zero-order valence-corrected chi connectivity index (χ0v) is 9.43. The number of hydrogen-bond donors (Lipinski definition) is 3. The van der Waals surface area contributed by atoms with Crippen molar-refractivity contribution in [2.24, 2.45) is 0 Å². The first-order chi connectivity index (χ1) is 8.33. The molecule has 2 fully saturated rings. The van der Waals surface area contributed by atoms with Crippen LogP contribution < -0.4 is 15.6 Å². The Bertz CT molecular complexity index is 576. The SMILES string of the molecule is Nc1ncnc2c1[nH]c[n+]2C1C[C@@H]2CC[C@H]1N2. The third-order valence-electron chi connectivity index (χ3n) is 4.07. The monoisotopic (exact) mass is 231 g/mol. The molecule has 4 rings (SSSR count). The van der Waals surface area contributed by atoms with Gasteiger partial charge in [0.25, 0.3) is 0 Å². The van der Waals surface area contributed by atoms with Crippen molar-refractivity contribution in [3.8, 4) is 0 Å². The van der Waals surface area contributed by atoms with E-state index in [1.54, 1.807) is 0 Å². The lowest BCUT2D eigenvalue weighted by Gasteiger charge is -2.17. The second kappa shape index (κ2) is 3.16. The van der Waals surface area contributed by atoms with Crippen LogP contribution in [0.15, 0.2) is 12.7 Å². The first-order valence-corrected chi connectivity index (χ1v) is 6.07. The van der Waals surface area contributed by atoms with Crippen LogP contribution in [0.5, 0.6) is 0 Å². The minimum Gasteiger partial charge on any atom is -0.380 e. The summed E-state index contributed by atoms with van der Waals surface area (Å²) < 4.78 is 2.21. The summed E-state index contributed by atoms with van der Waals surface area (Å²) in [6.07, 6.45) is 7.26. The van der Waals surface area contributed by atoms with Crippen LogP contribution in [0.2, 0.25) is 0 Å². The highest BCUT2D eigenvalue weighted by molar-refractivity contribution is 5.77. The van der Waals surface area contributed by atoms with Crippen molar-refractivity contribution in [2.45, 2.75) is 37.4 Å². The van der Waals surface area contributed by atoms with Gasteiger partial charge in [-0.2, -0.15) is 4.98 Å². The largest absolute Gasteiger partial charge is 0.380 e. The Balaban J connectivity index is 1.84. The molecule has 0 aliphatic carbocycles. The van der Waals surface area contributed by atoms with Crippen LogP contribution >= 0.6 is 0 Å². The molecule has 2 bridgehead atoms. The molecular weight excluding hydrogens is 216 g/mol. The number of nitrogens with zero attached hydrogens (tertiary/aromatic N) is 3. The molecule has 4 N–H and O–H groups in total. The number of rotatable bonds is 1. The number of H-pyrrole nitrogens is 1. The maximum atomic E-state index is 5.83. The van der Waals surface area contributed by atoms with Gasteiger partial charge < -0.3 is 11.1 Å². The molecular formula is C11H15N6+. The van der Waals surface area contributed by atoms with E-state index in [0.29, 0.717) is 23.9 Å². The molecule has 6 heteroatoms. The number of nitrogens with two attached hydrogens (primary N) is 1. The highest BCUT2D eigenvalue weighted by Gasteiger charge is 2.42. The Morgan fingerprint density at radius 1 is 1.35 bits per heavy atom. The smallest absolute Gasteiger partial charge is 0.307 e. The van der Waals surface area contributed by atoms with Gasteiger partial charge in [0.2, 0.25) is 5.52 Å². The number of anilines is 1. The normalized spacial score (nSPS) is 31.4. The fourth-order valence-corrected chi connectivity index (χ4v) is 3.27. The zero-order valence-electron chi connectivity index (χ0n) is 9.43. The van der Waals surface area contributed by atoms with Crippen molar-refractivity contribution in [3.63, 3.8) is 0 Å². The van der Waals surface area contributed by atoms with Gasteiger partial charge in [0.1, 0.15) is 0 Å². The number of hydrogen-bond acceptors (Lipinski definition) is 4. The standard InChI is InChI=1S/C11H14N6/c12-10-9-11(14-4-13-10)17(5-15-9)8-3-6-1-2-7(8)16-6/h4-8,16H,1-3H2,(H2,12,13,14)/p+1/t6-,7+,8?/m0/s1. The van der Waals surface area contributed by atoms with Crippen LogP contribution in [0, 0.1) is 0 Å². The molecule has 2 aromatic rings. The van der Waals surface area contributed by atoms with Crippen molar-refractivity contribution >= 4 is 17.0 Å². The Morgan fingerprint density at radius 2 is 2.29 bits per heavy atom. The number of fused-ring (bicyclic) bond motifs is 3. The van der Waals surface area contributed by atoms with E-state index in [1.807, 2.05) is 6.33 Å². The van der Waals surface area contributed by atoms with E-state index in [0.717, 1.165) is 11.2 Å². The highest BCUT2D eigenvalue weighted by Crippen LogP contribution is 2.33. The highest BCUT2D eigenvalue weighted by atomic mass is 15.2. The molecule has 2 saturated heterocycles. The predicted molar refractivity (Wildman–Crippen MR) is 62.1 cm³/mol. The summed E-state index contributed by atoms with van der Waals surface area (Å²) in [6, 6.07) is 1.76. The Labute approximate surface area is 98.3 Å². The number of aromatic amines is 1. The molecule has 17 heavy (non-hydrogen) atoms. The van der Waals surface area contributed by atoms with Crippen LogP contribution in [-0.2, 0) is 0 Å². The van der Waals surface area contributed by atoms with Gasteiger partial charge in [-0.15, -0.1) is 0 Å². The first-order valence-electron chi connectivity index (χ1n) is 6.07. The van der Waals surface area contributed by atoms with Gasteiger partial charge in [-0.3, -0.25) is 4.98 Å². The Hall–Kier alpha value is -1.69. The maximum absolute atomic E-state index is 5.83. The van der Waals surface area contributed by atoms with Crippen LogP contribution in [0.1, 0.15) is 25.3 Å². The molecule has 3 atom stereocenters. The molecule has 4 heterocycles. The Morgan fingerprint density at radius 3 is 3.06 bits per heavy atom. The summed E-state index contributed by atoms with van der Waals surface area (Å²) >= 11 is 0. The average molecular weight is 231 g/mol. The first kappa shape index (κ1) is 9.35. The molecule has 0 saturated carbocycles. The third kappa shape index (κ3) is 1.21. The van der Waals surface area contributed by atoms with E-state index in [4.69, 9.17) is 5.73 Å². The summed E-state index contributed by atoms with van der Waals surface area (Å²) in [5, 5.41) is 3.64. The molecule has 0 spiro atoms. The van der Waals surface area contributed by atoms with E-state index in [9.17, 15) is 0 Å². The maximum Gasteiger partial charge on any atom is 0.307 e. The van der Waals surface area contributed by atoms with Crippen molar-refractivity contribution in [1.29, 1.82) is 0 Å². The van der Waals surface area contributed by atoms with Crippen LogP contribution in [0.4, 0.5) is 5.82 Å². The Kier molecular flexibility index (Phi) is 1.74. The molecule has 1 unspecified atom stereocenters. The second-order valence-electron chi connectivity index (χ2n) is 4.99. The fraction of sp³-hybridized carbons (Fsp3) is 0.545. The molecule has 2 aromatic heterocycles. The molecule has 2 aliphatic rings.